The summed E-state index contributed by atoms with van der Waals surface area (Å²) in [5.41, 5.74) is 6.97. The Kier molecular flexibility index (Phi) is 2.48. The molecule has 1 saturated carbocycles. The van der Waals surface area contributed by atoms with E-state index in [0.717, 1.165) is 15.6 Å². The van der Waals surface area contributed by atoms with Crippen LogP contribution in [0.2, 0.25) is 0 Å². The summed E-state index contributed by atoms with van der Waals surface area (Å²) in [6, 6.07) is -0.0816. The monoisotopic (exact) mass is 250 g/mol. The molecule has 1 atom stereocenters. The van der Waals surface area contributed by atoms with Crippen LogP contribution in [-0.4, -0.2) is 15.1 Å². The number of aryl methyl sites for hydroxylation is 2. The van der Waals surface area contributed by atoms with Crippen molar-refractivity contribution in [2.75, 3.05) is 0 Å². The van der Waals surface area contributed by atoms with Gasteiger partial charge in [0.1, 0.15) is 4.88 Å². The first-order valence-electron chi connectivity index (χ1n) is 5.68. The van der Waals surface area contributed by atoms with Gasteiger partial charge in [0.15, 0.2) is 5.82 Å². The van der Waals surface area contributed by atoms with Gasteiger partial charge in [-0.05, 0) is 32.6 Å². The molecule has 3 rings (SSSR count). The lowest BCUT2D eigenvalue weighted by Crippen LogP contribution is -2.13. The number of aromatic nitrogens is 3. The minimum Gasteiger partial charge on any atom is -0.333 e. The normalized spacial score (nSPS) is 17.4. The summed E-state index contributed by atoms with van der Waals surface area (Å²) in [5, 5.41) is 4.98. The topological polar surface area (TPSA) is 77.8 Å². The Balaban J connectivity index is 1.91. The maximum absolute atomic E-state index is 6.04. The Hall–Kier alpha value is -1.27. The molecule has 0 spiro atoms. The van der Waals surface area contributed by atoms with Crippen LogP contribution < -0.4 is 5.73 Å². The van der Waals surface area contributed by atoms with Crippen LogP contribution in [0.25, 0.3) is 10.8 Å². The van der Waals surface area contributed by atoms with Crippen LogP contribution in [0.15, 0.2) is 4.52 Å². The highest BCUT2D eigenvalue weighted by atomic mass is 32.1. The third kappa shape index (κ3) is 1.98. The molecule has 0 saturated heterocycles. The molecule has 1 unspecified atom stereocenters. The van der Waals surface area contributed by atoms with Gasteiger partial charge in [0.25, 0.3) is 5.89 Å². The zero-order valence-electron chi connectivity index (χ0n) is 9.80. The lowest BCUT2D eigenvalue weighted by Gasteiger charge is -2.01. The van der Waals surface area contributed by atoms with Crippen LogP contribution in [-0.2, 0) is 0 Å². The van der Waals surface area contributed by atoms with Crippen molar-refractivity contribution in [1.29, 1.82) is 0 Å². The number of nitrogens with zero attached hydrogens (tertiary/aromatic N) is 3. The third-order valence-corrected chi connectivity index (χ3v) is 4.03. The fourth-order valence-electron chi connectivity index (χ4n) is 1.86. The van der Waals surface area contributed by atoms with Crippen molar-refractivity contribution in [3.8, 4) is 10.8 Å². The second-order valence-electron chi connectivity index (χ2n) is 4.47. The first-order valence-corrected chi connectivity index (χ1v) is 6.50. The highest BCUT2D eigenvalue weighted by Crippen LogP contribution is 2.39. The van der Waals surface area contributed by atoms with Gasteiger partial charge >= 0.3 is 0 Å². The molecule has 5 nitrogen and oxygen atoms in total. The molecule has 0 bridgehead atoms. The van der Waals surface area contributed by atoms with Gasteiger partial charge in [-0.3, -0.25) is 0 Å². The van der Waals surface area contributed by atoms with E-state index in [-0.39, 0.29) is 6.04 Å². The summed E-state index contributed by atoms with van der Waals surface area (Å²) in [7, 11) is 0. The quantitative estimate of drug-likeness (QED) is 0.903. The Morgan fingerprint density at radius 1 is 1.35 bits per heavy atom. The average Bonchev–Trinajstić information content (AvgIpc) is 2.93. The number of nitrogens with two attached hydrogens (primary N) is 1. The van der Waals surface area contributed by atoms with E-state index in [0.29, 0.717) is 17.6 Å². The summed E-state index contributed by atoms with van der Waals surface area (Å²) >= 11 is 1.57. The van der Waals surface area contributed by atoms with Crippen LogP contribution in [0.3, 0.4) is 0 Å². The Morgan fingerprint density at radius 3 is 2.71 bits per heavy atom. The highest BCUT2D eigenvalue weighted by molar-refractivity contribution is 7.15. The zero-order chi connectivity index (χ0) is 12.0. The third-order valence-electron chi connectivity index (χ3n) is 2.97. The molecule has 0 aliphatic heterocycles. The molecular formula is C11H14N4OS. The van der Waals surface area contributed by atoms with E-state index in [9.17, 15) is 0 Å². The Bertz CT molecular complexity index is 543. The maximum atomic E-state index is 6.04. The van der Waals surface area contributed by atoms with Crippen molar-refractivity contribution in [3.63, 3.8) is 0 Å². The van der Waals surface area contributed by atoms with Gasteiger partial charge in [-0.15, -0.1) is 11.3 Å². The lowest BCUT2D eigenvalue weighted by molar-refractivity contribution is 0.412. The van der Waals surface area contributed by atoms with Crippen molar-refractivity contribution in [2.24, 2.45) is 11.7 Å². The van der Waals surface area contributed by atoms with Crippen molar-refractivity contribution >= 4 is 11.3 Å². The molecule has 0 amide bonds. The van der Waals surface area contributed by atoms with E-state index in [2.05, 4.69) is 15.1 Å². The van der Waals surface area contributed by atoms with Crippen LogP contribution in [0.4, 0.5) is 0 Å². The van der Waals surface area contributed by atoms with Gasteiger partial charge in [0.05, 0.1) is 16.7 Å². The lowest BCUT2D eigenvalue weighted by atomic mass is 10.2. The second-order valence-corrected chi connectivity index (χ2v) is 5.67. The number of rotatable bonds is 3. The van der Waals surface area contributed by atoms with E-state index >= 15 is 0 Å². The highest BCUT2D eigenvalue weighted by Gasteiger charge is 2.33. The molecule has 6 heteroatoms. The fourth-order valence-corrected chi connectivity index (χ4v) is 2.70. The molecular weight excluding hydrogens is 236 g/mol. The van der Waals surface area contributed by atoms with E-state index in [1.807, 2.05) is 13.8 Å². The molecule has 2 aromatic heterocycles. The second kappa shape index (κ2) is 3.89. The van der Waals surface area contributed by atoms with Gasteiger partial charge in [-0.25, -0.2) is 4.98 Å². The fraction of sp³-hybridized carbons (Fsp3) is 0.545. The first kappa shape index (κ1) is 10.9. The summed E-state index contributed by atoms with van der Waals surface area (Å²) < 4.78 is 5.27. The van der Waals surface area contributed by atoms with Gasteiger partial charge in [-0.1, -0.05) is 5.16 Å². The van der Waals surface area contributed by atoms with Crippen LogP contribution >= 0.6 is 11.3 Å². The molecule has 2 N–H and O–H groups in total. The molecule has 1 aliphatic carbocycles. The molecule has 1 aliphatic rings. The average molecular weight is 250 g/mol. The Morgan fingerprint density at radius 2 is 2.12 bits per heavy atom. The largest absolute Gasteiger partial charge is 0.333 e. The van der Waals surface area contributed by atoms with E-state index in [1.165, 1.54) is 12.8 Å². The molecule has 0 radical (unpaired) electrons. The summed E-state index contributed by atoms with van der Waals surface area (Å²) in [5.74, 6) is 1.69. The molecule has 17 heavy (non-hydrogen) atoms. The minimum atomic E-state index is -0.0816. The number of hydrogen-bond acceptors (Lipinski definition) is 6. The van der Waals surface area contributed by atoms with Crippen molar-refractivity contribution < 1.29 is 4.52 Å². The summed E-state index contributed by atoms with van der Waals surface area (Å²) in [6.07, 6.45) is 2.34. The SMILES string of the molecule is Cc1nc(C)c(-c2nc(C(N)C3CC3)no2)s1. The van der Waals surface area contributed by atoms with Crippen LogP contribution in [0, 0.1) is 19.8 Å². The summed E-state index contributed by atoms with van der Waals surface area (Å²) in [6.45, 7) is 3.91. The van der Waals surface area contributed by atoms with Gasteiger partial charge in [-0.2, -0.15) is 4.98 Å². The van der Waals surface area contributed by atoms with Crippen molar-refractivity contribution in [2.45, 2.75) is 32.7 Å². The molecule has 2 heterocycles. The number of thiazole rings is 1. The Labute approximate surface area is 103 Å². The van der Waals surface area contributed by atoms with Crippen LogP contribution in [0.5, 0.6) is 0 Å². The molecule has 0 aromatic carbocycles. The maximum Gasteiger partial charge on any atom is 0.269 e. The first-order chi connectivity index (χ1) is 8.15. The van der Waals surface area contributed by atoms with E-state index < -0.39 is 0 Å². The van der Waals surface area contributed by atoms with Gasteiger partial charge in [0.2, 0.25) is 0 Å². The van der Waals surface area contributed by atoms with Crippen molar-refractivity contribution in [3.05, 3.63) is 16.5 Å². The van der Waals surface area contributed by atoms with Gasteiger partial charge < -0.3 is 10.3 Å². The predicted octanol–water partition coefficient (Wildman–Crippen LogP) is 2.22. The number of hydrogen-bond donors (Lipinski definition) is 1. The molecule has 90 valence electrons. The zero-order valence-corrected chi connectivity index (χ0v) is 10.6. The van der Waals surface area contributed by atoms with E-state index in [1.54, 1.807) is 11.3 Å². The van der Waals surface area contributed by atoms with Crippen molar-refractivity contribution in [1.82, 2.24) is 15.1 Å². The predicted molar refractivity (Wildman–Crippen MR) is 64.5 cm³/mol. The smallest absolute Gasteiger partial charge is 0.269 e. The molecule has 2 aromatic rings. The molecule has 1 fully saturated rings. The van der Waals surface area contributed by atoms with E-state index in [4.69, 9.17) is 10.3 Å². The van der Waals surface area contributed by atoms with Gasteiger partial charge in [0, 0.05) is 0 Å². The summed E-state index contributed by atoms with van der Waals surface area (Å²) in [4.78, 5) is 9.68. The van der Waals surface area contributed by atoms with Crippen LogP contribution in [0.1, 0.15) is 35.4 Å². The standard InChI is InChI=1S/C11H14N4OS/c1-5-9(17-6(2)13-5)11-14-10(15-16-11)8(12)7-3-4-7/h7-8H,3-4,12H2,1-2H3. The minimum absolute atomic E-state index is 0.0816.